The molecule has 0 bridgehead atoms. The number of anilines is 1. The lowest BCUT2D eigenvalue weighted by Gasteiger charge is -2.24. The van der Waals surface area contributed by atoms with Crippen molar-refractivity contribution < 1.29 is 9.72 Å². The van der Waals surface area contributed by atoms with Gasteiger partial charge in [-0.25, -0.2) is 0 Å². The summed E-state index contributed by atoms with van der Waals surface area (Å²) in [6.45, 7) is 2.16. The highest BCUT2D eigenvalue weighted by molar-refractivity contribution is 5.99. The van der Waals surface area contributed by atoms with E-state index < -0.39 is 4.92 Å². The van der Waals surface area contributed by atoms with E-state index in [9.17, 15) is 14.9 Å². The predicted molar refractivity (Wildman–Crippen MR) is 87.5 cm³/mol. The summed E-state index contributed by atoms with van der Waals surface area (Å²) in [4.78, 5) is 30.3. The second-order valence-corrected chi connectivity index (χ2v) is 5.69. The Morgan fingerprint density at radius 1 is 1.35 bits per heavy atom. The highest BCUT2D eigenvalue weighted by Gasteiger charge is 2.21. The maximum Gasteiger partial charge on any atom is 0.278 e. The zero-order chi connectivity index (χ0) is 16.4. The van der Waals surface area contributed by atoms with Crippen LogP contribution >= 0.6 is 0 Å². The average Bonchev–Trinajstić information content (AvgIpc) is 2.96. The van der Waals surface area contributed by atoms with Gasteiger partial charge in [0.2, 0.25) is 5.91 Å². The lowest BCUT2D eigenvalue weighted by Crippen LogP contribution is -2.34. The van der Waals surface area contributed by atoms with Crippen molar-refractivity contribution in [1.29, 1.82) is 0 Å². The van der Waals surface area contributed by atoms with Crippen LogP contribution < -0.4 is 4.90 Å². The van der Waals surface area contributed by atoms with Crippen LogP contribution in [0.2, 0.25) is 0 Å². The van der Waals surface area contributed by atoms with Crippen molar-refractivity contribution in [3.63, 3.8) is 0 Å². The second kappa shape index (κ2) is 6.20. The summed E-state index contributed by atoms with van der Waals surface area (Å²) in [7, 11) is 1.93. The molecule has 0 radical (unpaired) electrons. The van der Waals surface area contributed by atoms with Crippen molar-refractivity contribution in [3.8, 4) is 0 Å². The van der Waals surface area contributed by atoms with Crippen LogP contribution in [-0.2, 0) is 4.79 Å². The summed E-state index contributed by atoms with van der Waals surface area (Å²) in [5, 5.41) is 12.5. The molecule has 0 N–H and O–H groups in total. The number of aromatic nitrogens is 1. The van der Waals surface area contributed by atoms with E-state index in [4.69, 9.17) is 0 Å². The lowest BCUT2D eigenvalue weighted by atomic mass is 10.1. The first-order valence-corrected chi connectivity index (χ1v) is 7.58. The molecule has 0 atom stereocenters. The molecule has 1 amide bonds. The number of nitro groups is 1. The van der Waals surface area contributed by atoms with Gasteiger partial charge in [0.25, 0.3) is 5.69 Å². The largest absolute Gasteiger partial charge is 0.372 e. The van der Waals surface area contributed by atoms with Crippen LogP contribution in [0.3, 0.4) is 0 Å². The average molecular weight is 314 g/mol. The maximum absolute atomic E-state index is 11.7. The Labute approximate surface area is 133 Å². The minimum Gasteiger partial charge on any atom is -0.372 e. The second-order valence-electron chi connectivity index (χ2n) is 5.69. The molecule has 0 spiro atoms. The SMILES string of the molecule is CN(CCN1CCCC1=O)c1ccc([N+](=O)[O-])c2cnccc12. The van der Waals surface area contributed by atoms with Gasteiger partial charge in [0.15, 0.2) is 0 Å². The molecule has 2 heterocycles. The molecule has 0 saturated carbocycles. The summed E-state index contributed by atoms with van der Waals surface area (Å²) in [5.74, 6) is 0.205. The molecule has 120 valence electrons. The Balaban J connectivity index is 1.86. The third-order valence-electron chi connectivity index (χ3n) is 4.26. The normalized spacial score (nSPS) is 14.5. The number of rotatable bonds is 5. The summed E-state index contributed by atoms with van der Waals surface area (Å²) in [6.07, 6.45) is 4.72. The van der Waals surface area contributed by atoms with E-state index in [2.05, 4.69) is 4.98 Å². The molecule has 3 rings (SSSR count). The molecule has 1 aliphatic rings. The number of benzene rings is 1. The fourth-order valence-corrected chi connectivity index (χ4v) is 2.98. The first kappa shape index (κ1) is 15.2. The van der Waals surface area contributed by atoms with Crippen molar-refractivity contribution in [2.45, 2.75) is 12.8 Å². The Morgan fingerprint density at radius 3 is 2.87 bits per heavy atom. The van der Waals surface area contributed by atoms with Crippen LogP contribution in [0.5, 0.6) is 0 Å². The van der Waals surface area contributed by atoms with E-state index in [0.717, 1.165) is 24.0 Å². The summed E-state index contributed by atoms with van der Waals surface area (Å²) >= 11 is 0. The number of amides is 1. The number of hydrogen-bond donors (Lipinski definition) is 0. The molecule has 1 aliphatic heterocycles. The molecular weight excluding hydrogens is 296 g/mol. The minimum absolute atomic E-state index is 0.0555. The van der Waals surface area contributed by atoms with Gasteiger partial charge in [0.05, 0.1) is 10.3 Å². The van der Waals surface area contributed by atoms with E-state index in [0.29, 0.717) is 24.9 Å². The van der Waals surface area contributed by atoms with E-state index >= 15 is 0 Å². The fraction of sp³-hybridized carbons (Fsp3) is 0.375. The molecule has 0 unspecified atom stereocenters. The smallest absolute Gasteiger partial charge is 0.278 e. The minimum atomic E-state index is -0.392. The summed E-state index contributed by atoms with van der Waals surface area (Å²) < 4.78 is 0. The van der Waals surface area contributed by atoms with Crippen LogP contribution in [0.1, 0.15) is 12.8 Å². The number of pyridine rings is 1. The van der Waals surface area contributed by atoms with Gasteiger partial charge in [-0.2, -0.15) is 0 Å². The lowest BCUT2D eigenvalue weighted by molar-refractivity contribution is -0.383. The Hall–Kier alpha value is -2.70. The van der Waals surface area contributed by atoms with Crippen LogP contribution in [0.25, 0.3) is 10.8 Å². The van der Waals surface area contributed by atoms with Gasteiger partial charge < -0.3 is 9.80 Å². The molecule has 1 fully saturated rings. The molecule has 1 saturated heterocycles. The molecule has 2 aromatic rings. The van der Waals surface area contributed by atoms with Crippen molar-refractivity contribution in [3.05, 3.63) is 40.7 Å². The molecule has 7 heteroatoms. The van der Waals surface area contributed by atoms with Gasteiger partial charge in [0.1, 0.15) is 0 Å². The zero-order valence-electron chi connectivity index (χ0n) is 12.9. The molecule has 0 aliphatic carbocycles. The van der Waals surface area contributed by atoms with Crippen molar-refractivity contribution in [2.75, 3.05) is 31.6 Å². The summed E-state index contributed by atoms with van der Waals surface area (Å²) in [5.41, 5.74) is 0.958. The molecule has 23 heavy (non-hydrogen) atoms. The zero-order valence-corrected chi connectivity index (χ0v) is 12.9. The quantitative estimate of drug-likeness (QED) is 0.624. The van der Waals surface area contributed by atoms with E-state index in [-0.39, 0.29) is 11.6 Å². The topological polar surface area (TPSA) is 79.6 Å². The number of hydrogen-bond acceptors (Lipinski definition) is 5. The highest BCUT2D eigenvalue weighted by atomic mass is 16.6. The van der Waals surface area contributed by atoms with Gasteiger partial charge in [-0.3, -0.25) is 19.9 Å². The standard InChI is InChI=1S/C16H18N4O3/c1-18(9-10-19-8-2-3-16(19)21)14-4-5-15(20(22)23)13-11-17-7-6-12(13)14/h4-7,11H,2-3,8-10H2,1H3. The first-order chi connectivity index (χ1) is 11.1. The van der Waals surface area contributed by atoms with Gasteiger partial charge in [-0.05, 0) is 18.6 Å². The molecular formula is C16H18N4O3. The molecule has 1 aromatic carbocycles. The first-order valence-electron chi connectivity index (χ1n) is 7.58. The van der Waals surface area contributed by atoms with Gasteiger partial charge in [-0.1, -0.05) is 0 Å². The number of likely N-dealkylation sites (N-methyl/N-ethyl adjacent to an activating group) is 1. The van der Waals surface area contributed by atoms with Crippen molar-refractivity contribution in [1.82, 2.24) is 9.88 Å². The third kappa shape index (κ3) is 2.94. The number of nitrogens with zero attached hydrogens (tertiary/aromatic N) is 4. The number of fused-ring (bicyclic) bond motifs is 1. The van der Waals surface area contributed by atoms with E-state index in [1.165, 1.54) is 12.3 Å². The Morgan fingerprint density at radius 2 is 2.17 bits per heavy atom. The number of non-ortho nitro benzene ring substituents is 1. The predicted octanol–water partition coefficient (Wildman–Crippen LogP) is 2.20. The highest BCUT2D eigenvalue weighted by Crippen LogP contribution is 2.32. The van der Waals surface area contributed by atoms with E-state index in [1.54, 1.807) is 18.3 Å². The van der Waals surface area contributed by atoms with Crippen LogP contribution in [0.15, 0.2) is 30.6 Å². The number of carbonyl (C=O) groups excluding carboxylic acids is 1. The number of likely N-dealkylation sites (tertiary alicyclic amines) is 1. The summed E-state index contributed by atoms with van der Waals surface area (Å²) in [6, 6.07) is 5.05. The number of nitro benzene ring substituents is 1. The van der Waals surface area contributed by atoms with Gasteiger partial charge >= 0.3 is 0 Å². The van der Waals surface area contributed by atoms with Crippen LogP contribution in [0.4, 0.5) is 11.4 Å². The Kier molecular flexibility index (Phi) is 4.10. The monoisotopic (exact) mass is 314 g/mol. The number of carbonyl (C=O) groups is 1. The molecule has 7 nitrogen and oxygen atoms in total. The van der Waals surface area contributed by atoms with Crippen LogP contribution in [0, 0.1) is 10.1 Å². The van der Waals surface area contributed by atoms with Crippen molar-refractivity contribution >= 4 is 28.1 Å². The van der Waals surface area contributed by atoms with Gasteiger partial charge in [0, 0.05) is 62.6 Å². The fourth-order valence-electron chi connectivity index (χ4n) is 2.98. The van der Waals surface area contributed by atoms with Gasteiger partial charge in [-0.15, -0.1) is 0 Å². The Bertz CT molecular complexity index is 762. The maximum atomic E-state index is 11.7. The van der Waals surface area contributed by atoms with Crippen molar-refractivity contribution in [2.24, 2.45) is 0 Å². The molecule has 1 aromatic heterocycles. The van der Waals surface area contributed by atoms with Crippen LogP contribution in [-0.4, -0.2) is 47.4 Å². The van der Waals surface area contributed by atoms with E-state index in [1.807, 2.05) is 16.8 Å². The third-order valence-corrected chi connectivity index (χ3v) is 4.26.